The molecule has 0 fully saturated rings. The highest BCUT2D eigenvalue weighted by atomic mass is 32.2. The second kappa shape index (κ2) is 8.31. The zero-order valence-electron chi connectivity index (χ0n) is 16.7. The summed E-state index contributed by atoms with van der Waals surface area (Å²) < 4.78 is 41.0. The van der Waals surface area contributed by atoms with Gasteiger partial charge in [0.2, 0.25) is 10.0 Å². The Morgan fingerprint density at radius 2 is 1.68 bits per heavy atom. The summed E-state index contributed by atoms with van der Waals surface area (Å²) in [4.78, 5) is 13.0. The maximum atomic E-state index is 13.2. The molecule has 0 bridgehead atoms. The molecule has 158 valence electrons. The molecule has 0 aliphatic carbocycles. The summed E-state index contributed by atoms with van der Waals surface area (Å²) in [5.74, 6) is -0.393. The number of sulfonamides is 1. The summed E-state index contributed by atoms with van der Waals surface area (Å²) in [5, 5.41) is 5.74. The Kier molecular flexibility index (Phi) is 5.56. The van der Waals surface area contributed by atoms with Crippen molar-refractivity contribution in [1.82, 2.24) is 9.78 Å². The van der Waals surface area contributed by atoms with E-state index in [1.807, 2.05) is 18.2 Å². The van der Waals surface area contributed by atoms with Gasteiger partial charge in [0.25, 0.3) is 5.56 Å². The fourth-order valence-corrected chi connectivity index (χ4v) is 3.93. The Hall–Kier alpha value is -3.52. The molecule has 1 N–H and O–H groups in total. The topological polar surface area (TPSA) is 81.1 Å². The van der Waals surface area contributed by atoms with E-state index in [0.29, 0.717) is 27.7 Å². The van der Waals surface area contributed by atoms with Gasteiger partial charge >= 0.3 is 0 Å². The van der Waals surface area contributed by atoms with Gasteiger partial charge in [-0.15, -0.1) is 0 Å². The van der Waals surface area contributed by atoms with Crippen LogP contribution < -0.4 is 10.3 Å². The van der Waals surface area contributed by atoms with E-state index in [-0.39, 0.29) is 23.7 Å². The molecule has 0 aliphatic heterocycles. The van der Waals surface area contributed by atoms with Gasteiger partial charge in [0.1, 0.15) is 5.82 Å². The molecule has 0 saturated heterocycles. The molecule has 0 unspecified atom stereocenters. The minimum absolute atomic E-state index is 0.0407. The number of halogens is 1. The minimum Gasteiger partial charge on any atom is -0.284 e. The molecule has 8 heteroatoms. The number of anilines is 1. The summed E-state index contributed by atoms with van der Waals surface area (Å²) in [5.41, 5.74) is 2.12. The smallest absolute Gasteiger partial charge is 0.274 e. The highest BCUT2D eigenvalue weighted by Gasteiger charge is 2.14. The molecule has 0 amide bonds. The lowest BCUT2D eigenvalue weighted by molar-refractivity contribution is 0.602. The zero-order chi connectivity index (χ0) is 22.0. The van der Waals surface area contributed by atoms with Crippen LogP contribution in [0, 0.1) is 5.82 Å². The van der Waals surface area contributed by atoms with Crippen LogP contribution in [0.15, 0.2) is 77.6 Å². The van der Waals surface area contributed by atoms with Crippen LogP contribution in [0.2, 0.25) is 0 Å². The van der Waals surface area contributed by atoms with Crippen LogP contribution in [-0.4, -0.2) is 24.0 Å². The number of hydrogen-bond donors (Lipinski definition) is 1. The van der Waals surface area contributed by atoms with Gasteiger partial charge in [-0.3, -0.25) is 9.52 Å². The van der Waals surface area contributed by atoms with E-state index in [2.05, 4.69) is 9.82 Å². The monoisotopic (exact) mass is 437 g/mol. The van der Waals surface area contributed by atoms with E-state index in [9.17, 15) is 17.6 Å². The van der Waals surface area contributed by atoms with Crippen LogP contribution in [0.25, 0.3) is 22.0 Å². The molecular formula is C23H20FN3O3S. The SMILES string of the molecule is CCS(=O)(=O)Nc1cccc(-c2nn(Cc3ccc(F)cc3)c(=O)c3ccccc23)c1. The predicted octanol–water partition coefficient (Wildman–Crippen LogP) is 4.01. The Bertz CT molecular complexity index is 1410. The normalized spacial score (nSPS) is 11.5. The first-order valence-corrected chi connectivity index (χ1v) is 11.4. The number of benzene rings is 3. The molecule has 0 radical (unpaired) electrons. The summed E-state index contributed by atoms with van der Waals surface area (Å²) >= 11 is 0. The Labute approximate surface area is 179 Å². The Balaban J connectivity index is 1.85. The van der Waals surface area contributed by atoms with Gasteiger partial charge in [-0.05, 0) is 42.8 Å². The third-order valence-electron chi connectivity index (χ3n) is 4.90. The van der Waals surface area contributed by atoms with E-state index in [1.165, 1.54) is 16.8 Å². The standard InChI is InChI=1S/C23H20FN3O3S/c1-2-31(29,30)26-19-7-5-6-17(14-19)22-20-8-3-4-9-21(20)23(28)27(25-22)15-16-10-12-18(24)13-11-16/h3-14,26H,2,15H2,1H3. The van der Waals surface area contributed by atoms with Gasteiger partial charge < -0.3 is 0 Å². The first kappa shape index (κ1) is 20.7. The van der Waals surface area contributed by atoms with Crippen LogP contribution >= 0.6 is 0 Å². The molecule has 3 aromatic carbocycles. The summed E-state index contributed by atoms with van der Waals surface area (Å²) in [6.45, 7) is 1.74. The van der Waals surface area contributed by atoms with Crippen LogP contribution in [0.3, 0.4) is 0 Å². The van der Waals surface area contributed by atoms with Crippen molar-refractivity contribution in [2.24, 2.45) is 0 Å². The molecule has 0 atom stereocenters. The lowest BCUT2D eigenvalue weighted by atomic mass is 10.0. The lowest BCUT2D eigenvalue weighted by Gasteiger charge is -2.13. The van der Waals surface area contributed by atoms with Gasteiger partial charge in [0, 0.05) is 16.6 Å². The van der Waals surface area contributed by atoms with Crippen molar-refractivity contribution in [3.8, 4) is 11.3 Å². The molecule has 0 saturated carbocycles. The van der Waals surface area contributed by atoms with Crippen molar-refractivity contribution >= 4 is 26.5 Å². The highest BCUT2D eigenvalue weighted by molar-refractivity contribution is 7.92. The van der Waals surface area contributed by atoms with Crippen molar-refractivity contribution < 1.29 is 12.8 Å². The lowest BCUT2D eigenvalue weighted by Crippen LogP contribution is -2.24. The number of rotatable bonds is 6. The van der Waals surface area contributed by atoms with Gasteiger partial charge in [-0.25, -0.2) is 17.5 Å². The molecule has 31 heavy (non-hydrogen) atoms. The van der Waals surface area contributed by atoms with Crippen molar-refractivity contribution in [1.29, 1.82) is 0 Å². The number of fused-ring (bicyclic) bond motifs is 1. The maximum absolute atomic E-state index is 13.2. The Morgan fingerprint density at radius 1 is 0.968 bits per heavy atom. The van der Waals surface area contributed by atoms with Crippen molar-refractivity contribution in [2.75, 3.05) is 10.5 Å². The largest absolute Gasteiger partial charge is 0.284 e. The number of nitrogens with one attached hydrogen (secondary N) is 1. The molecule has 0 aliphatic rings. The molecule has 1 aromatic heterocycles. The molecule has 4 rings (SSSR count). The average Bonchev–Trinajstić information content (AvgIpc) is 2.77. The predicted molar refractivity (Wildman–Crippen MR) is 120 cm³/mol. The number of hydrogen-bond acceptors (Lipinski definition) is 4. The Morgan fingerprint density at radius 3 is 2.39 bits per heavy atom. The van der Waals surface area contributed by atoms with Gasteiger partial charge in [-0.1, -0.05) is 42.5 Å². The summed E-state index contributed by atoms with van der Waals surface area (Å²) in [6, 6.07) is 19.9. The van der Waals surface area contributed by atoms with Gasteiger partial charge in [-0.2, -0.15) is 5.10 Å². The summed E-state index contributed by atoms with van der Waals surface area (Å²) in [7, 11) is -3.43. The zero-order valence-corrected chi connectivity index (χ0v) is 17.6. The van der Waals surface area contributed by atoms with Crippen molar-refractivity contribution in [3.63, 3.8) is 0 Å². The van der Waals surface area contributed by atoms with Gasteiger partial charge in [0.15, 0.2) is 0 Å². The van der Waals surface area contributed by atoms with Gasteiger partial charge in [0.05, 0.1) is 23.4 Å². The maximum Gasteiger partial charge on any atom is 0.274 e. The van der Waals surface area contributed by atoms with E-state index in [1.54, 1.807) is 49.4 Å². The van der Waals surface area contributed by atoms with E-state index in [4.69, 9.17) is 0 Å². The third kappa shape index (κ3) is 4.49. The first-order chi connectivity index (χ1) is 14.9. The second-order valence-corrected chi connectivity index (χ2v) is 9.08. The molecular weight excluding hydrogens is 417 g/mol. The quantitative estimate of drug-likeness (QED) is 0.494. The molecule has 0 spiro atoms. The van der Waals surface area contributed by atoms with E-state index < -0.39 is 10.0 Å². The van der Waals surface area contributed by atoms with Crippen molar-refractivity contribution in [3.05, 3.63) is 94.5 Å². The van der Waals surface area contributed by atoms with Crippen LogP contribution in [-0.2, 0) is 16.6 Å². The van der Waals surface area contributed by atoms with E-state index >= 15 is 0 Å². The highest BCUT2D eigenvalue weighted by Crippen LogP contribution is 2.27. The number of aromatic nitrogens is 2. The summed E-state index contributed by atoms with van der Waals surface area (Å²) in [6.07, 6.45) is 0. The number of nitrogens with zero attached hydrogens (tertiary/aromatic N) is 2. The molecule has 6 nitrogen and oxygen atoms in total. The minimum atomic E-state index is -3.43. The third-order valence-corrected chi connectivity index (χ3v) is 6.21. The fraction of sp³-hybridized carbons (Fsp3) is 0.130. The van der Waals surface area contributed by atoms with E-state index in [0.717, 1.165) is 5.56 Å². The second-order valence-electron chi connectivity index (χ2n) is 7.07. The van der Waals surface area contributed by atoms with Crippen LogP contribution in [0.1, 0.15) is 12.5 Å². The molecule has 1 heterocycles. The first-order valence-electron chi connectivity index (χ1n) is 9.71. The van der Waals surface area contributed by atoms with Crippen molar-refractivity contribution in [2.45, 2.75) is 13.5 Å². The average molecular weight is 437 g/mol. The molecule has 4 aromatic rings. The fourth-order valence-electron chi connectivity index (χ4n) is 3.30. The van der Waals surface area contributed by atoms with Crippen LogP contribution in [0.5, 0.6) is 0 Å². The van der Waals surface area contributed by atoms with Crippen LogP contribution in [0.4, 0.5) is 10.1 Å².